The third kappa shape index (κ3) is 12.2. The van der Waals surface area contributed by atoms with Crippen LogP contribution in [0.1, 0.15) is 148 Å². The topological polar surface area (TPSA) is 203 Å². The Morgan fingerprint density at radius 3 is 1.41 bits per heavy atom. The Balaban J connectivity index is 0.000000171. The molecule has 6 N–H and O–H groups in total. The highest BCUT2D eigenvalue weighted by atomic mass is 35.5. The van der Waals surface area contributed by atoms with Gasteiger partial charge in [0.15, 0.2) is 11.2 Å². The predicted molar refractivity (Wildman–Crippen MR) is 345 cm³/mol. The Morgan fingerprint density at radius 1 is 0.593 bits per heavy atom. The lowest BCUT2D eigenvalue weighted by Crippen LogP contribution is -2.42. The number of fused-ring (bicyclic) bond motifs is 4. The van der Waals surface area contributed by atoms with Crippen molar-refractivity contribution in [2.24, 2.45) is 16.0 Å². The van der Waals surface area contributed by atoms with Crippen LogP contribution in [-0.4, -0.2) is 61.5 Å². The minimum Gasteiger partial charge on any atom is -0.478 e. The van der Waals surface area contributed by atoms with Crippen LogP contribution in [0, 0.1) is 0 Å². The predicted octanol–water partition coefficient (Wildman–Crippen LogP) is 13.4. The average molecular weight is 1300 g/mol. The molecule has 4 aliphatic rings. The van der Waals surface area contributed by atoms with Crippen molar-refractivity contribution in [3.63, 3.8) is 0 Å². The fourth-order valence-electron chi connectivity index (χ4n) is 11.2. The highest BCUT2D eigenvalue weighted by Crippen LogP contribution is 2.44. The van der Waals surface area contributed by atoms with Crippen molar-refractivity contribution in [3.05, 3.63) is 208 Å². The lowest BCUT2D eigenvalue weighted by atomic mass is 9.75. The minimum atomic E-state index is -1.01. The third-order valence-electron chi connectivity index (χ3n) is 16.0. The number of carboxylic acids is 1. The van der Waals surface area contributed by atoms with E-state index < -0.39 is 53.7 Å². The Bertz CT molecular complexity index is 4060. The second kappa shape index (κ2) is 23.6. The van der Waals surface area contributed by atoms with Crippen LogP contribution in [0.3, 0.4) is 0 Å². The van der Waals surface area contributed by atoms with Crippen molar-refractivity contribution < 1.29 is 43.7 Å². The number of aromatic carboxylic acids is 1. The molecule has 2 atom stereocenters. The molecule has 0 radical (unpaired) electrons. The molecule has 24 heteroatoms. The average Bonchev–Trinajstić information content (AvgIpc) is 1.99. The molecule has 12 rings (SSSR count). The fourth-order valence-corrected chi connectivity index (χ4v) is 12.4. The molecule has 0 saturated heterocycles. The van der Waals surface area contributed by atoms with Gasteiger partial charge in [-0.2, -0.15) is 0 Å². The molecule has 4 aliphatic heterocycles. The fraction of sp³-hybridized carbons (Fsp3) is 0.290. The van der Waals surface area contributed by atoms with Gasteiger partial charge in [0, 0.05) is 41.9 Å². The monoisotopic (exact) mass is 1300 g/mol. The highest BCUT2D eigenvalue weighted by molar-refractivity contribution is 6.62. The molecular formula is C62H61B2Cl7N6O9. The molecule has 4 aromatic heterocycles. The van der Waals surface area contributed by atoms with E-state index in [-0.39, 0.29) is 23.9 Å². The number of benzene rings is 4. The minimum absolute atomic E-state index is 0. The van der Waals surface area contributed by atoms with E-state index in [0.717, 1.165) is 61.5 Å². The number of pyridine rings is 2. The number of rotatable bonds is 9. The number of carbonyl (C=O) groups is 2. The maximum absolute atomic E-state index is 13.7. The van der Waals surface area contributed by atoms with Gasteiger partial charge in [0.2, 0.25) is 0 Å². The van der Waals surface area contributed by atoms with E-state index in [1.54, 1.807) is 65.2 Å². The third-order valence-corrected chi connectivity index (χ3v) is 18.4. The zero-order valence-electron chi connectivity index (χ0n) is 48.4. The van der Waals surface area contributed by atoms with Crippen LogP contribution in [0.4, 0.5) is 0 Å². The summed E-state index contributed by atoms with van der Waals surface area (Å²) in [5.41, 5.74) is 14.3. The van der Waals surface area contributed by atoms with Gasteiger partial charge in [0.05, 0.1) is 80.4 Å². The first-order valence-electron chi connectivity index (χ1n) is 27.1. The lowest BCUT2D eigenvalue weighted by molar-refractivity contribution is -0.00755. The van der Waals surface area contributed by atoms with Crippen LogP contribution in [0.15, 0.2) is 132 Å². The Labute approximate surface area is 534 Å². The Kier molecular flexibility index (Phi) is 17.8. The molecule has 8 aromatic rings. The molecule has 1 amide bonds. The van der Waals surface area contributed by atoms with Crippen molar-refractivity contribution in [1.82, 2.24) is 14.1 Å². The molecule has 0 spiro atoms. The molecule has 0 bridgehead atoms. The molecular weight excluding hydrogens is 1240 g/mol. The van der Waals surface area contributed by atoms with Gasteiger partial charge in [0.25, 0.3) is 5.91 Å². The number of amides is 1. The van der Waals surface area contributed by atoms with E-state index in [1.165, 1.54) is 0 Å². The van der Waals surface area contributed by atoms with E-state index in [0.29, 0.717) is 65.2 Å². The van der Waals surface area contributed by atoms with Gasteiger partial charge in [-0.1, -0.05) is 116 Å². The van der Waals surface area contributed by atoms with Crippen LogP contribution in [-0.2, 0) is 52.5 Å². The number of nitrogens with two attached hydrogens (primary N) is 1. The van der Waals surface area contributed by atoms with Gasteiger partial charge in [-0.25, -0.2) is 4.79 Å². The summed E-state index contributed by atoms with van der Waals surface area (Å²) in [5, 5.41) is 43.5. The summed E-state index contributed by atoms with van der Waals surface area (Å²) in [5.74, 6) is -1.21. The van der Waals surface area contributed by atoms with Gasteiger partial charge in [-0.05, 0) is 175 Å². The van der Waals surface area contributed by atoms with Crippen molar-refractivity contribution in [3.8, 4) is 0 Å². The molecule has 8 heterocycles. The lowest BCUT2D eigenvalue weighted by Gasteiger charge is -2.28. The number of nitrogens with zero attached hydrogens (tertiary/aromatic N) is 4. The maximum Gasteiger partial charge on any atom is 0.492 e. The van der Waals surface area contributed by atoms with E-state index in [9.17, 15) is 24.7 Å². The second-order valence-corrected chi connectivity index (χ2v) is 26.4. The van der Waals surface area contributed by atoms with E-state index in [1.807, 2.05) is 134 Å². The smallest absolute Gasteiger partial charge is 0.478 e. The molecule has 0 aliphatic carbocycles. The van der Waals surface area contributed by atoms with Crippen molar-refractivity contribution in [2.75, 3.05) is 0 Å². The van der Waals surface area contributed by atoms with Crippen molar-refractivity contribution in [1.29, 1.82) is 0 Å². The van der Waals surface area contributed by atoms with E-state index in [4.69, 9.17) is 94.3 Å². The first kappa shape index (κ1) is 64.7. The number of hydrogen-bond donors (Lipinski definition) is 5. The molecule has 4 aromatic carbocycles. The molecule has 0 saturated carbocycles. The summed E-state index contributed by atoms with van der Waals surface area (Å²) in [6.45, 7) is 19.3. The molecule has 2 unspecified atom stereocenters. The number of halogens is 7. The number of aromatic nitrogens is 2. The number of carbonyl (C=O) groups excluding carboxylic acids is 1. The van der Waals surface area contributed by atoms with E-state index in [2.05, 4.69) is 15.6 Å². The molecule has 0 fully saturated rings. The first-order valence-corrected chi connectivity index (χ1v) is 29.4. The van der Waals surface area contributed by atoms with Crippen LogP contribution >= 0.6 is 82.0 Å². The summed E-state index contributed by atoms with van der Waals surface area (Å²) in [6, 6.07) is 33.0. The summed E-state index contributed by atoms with van der Waals surface area (Å²) >= 11 is 37.1. The summed E-state index contributed by atoms with van der Waals surface area (Å²) < 4.78 is 14.9. The second-order valence-electron chi connectivity index (χ2n) is 24.0. The van der Waals surface area contributed by atoms with Gasteiger partial charge in [-0.3, -0.25) is 4.79 Å². The number of carboxylic acid groups (broad SMARTS) is 1. The largest absolute Gasteiger partial charge is 0.492 e. The van der Waals surface area contributed by atoms with Gasteiger partial charge >= 0.3 is 20.2 Å². The van der Waals surface area contributed by atoms with Crippen molar-refractivity contribution >= 4 is 142 Å². The van der Waals surface area contributed by atoms with Crippen LogP contribution in [0.2, 0.25) is 30.1 Å². The summed E-state index contributed by atoms with van der Waals surface area (Å²) in [6.07, 6.45) is 4.61. The normalized spacial score (nSPS) is 19.1. The Morgan fingerprint density at radius 2 is 0.988 bits per heavy atom. The first-order chi connectivity index (χ1) is 39.7. The van der Waals surface area contributed by atoms with Gasteiger partial charge < -0.3 is 54.0 Å². The summed E-state index contributed by atoms with van der Waals surface area (Å²) in [4.78, 5) is 36.8. The van der Waals surface area contributed by atoms with Crippen LogP contribution in [0.25, 0.3) is 11.0 Å². The molecule has 448 valence electrons. The molecule has 86 heavy (non-hydrogen) atoms. The van der Waals surface area contributed by atoms with Crippen LogP contribution in [0.5, 0.6) is 0 Å². The van der Waals surface area contributed by atoms with Crippen LogP contribution < -0.4 is 22.0 Å². The maximum atomic E-state index is 13.7. The van der Waals surface area contributed by atoms with Gasteiger partial charge in [-0.15, -0.1) is 12.4 Å². The van der Waals surface area contributed by atoms with E-state index >= 15 is 0 Å². The molecule has 15 nitrogen and oxygen atoms in total. The Hall–Kier alpha value is -5.76. The number of hydrogen-bond acceptors (Lipinski definition) is 11. The number of nitrogens with one attached hydrogen (secondary N) is 1. The zero-order chi connectivity index (χ0) is 61.7. The van der Waals surface area contributed by atoms with Crippen molar-refractivity contribution in [2.45, 2.75) is 116 Å². The quantitative estimate of drug-likeness (QED) is 0.0683. The SMILES string of the molecule is CC(C)(N)c1ccc2c(c1)B(O)OC2(C)C.CC(C)(NC(=O)c1ccc(C2=NOC(C)(c3cc(Cl)c(Cl)c(Cl)c3)C2)n2cccc12)c1ccc2c(c1)B(O)OC2(C)C.CC1(c2cc(Cl)c(Cl)c(Cl)c2)CC(c2ccc(C(=O)O)c3cccn23)=NO1.Cl. The summed E-state index contributed by atoms with van der Waals surface area (Å²) in [7, 11) is -1.85. The van der Waals surface area contributed by atoms with Gasteiger partial charge in [0.1, 0.15) is 11.4 Å². The highest BCUT2D eigenvalue weighted by Gasteiger charge is 2.44. The standard InChI is InChI=1S/C31H29BCl3N3O4.C19H13Cl3N2O3.C12H18BNO2.ClH/c1-29(2,17-8-10-20-21(13-17)32(40)41-30(20,3)4)36-28(39)19-9-11-26(38-12-6-7-25(19)38)24-16-31(5,42-37-24)18-14-22(33)27(35)23(34)15-18;1-19(10-7-12(20)17(22)13(21)8-10)9-14(23-27-19)16-5-4-11(18(25)26)15-3-2-6-24(15)16;1-11(2,14)8-5-6-9-10(7-8)13(15)16-12(9,3)4;/h6-15,40H,16H2,1-5H3,(H,36,39);2-8H,9H2,1H3,(H,25,26);5-7,15H,14H2,1-4H3;1H. The number of oxime groups is 2. The zero-order valence-corrected chi connectivity index (χ0v) is 53.8.